The summed E-state index contributed by atoms with van der Waals surface area (Å²) in [6.07, 6.45) is 2.64. The molecule has 2 rings (SSSR count). The molecule has 1 aliphatic heterocycles. The smallest absolute Gasteiger partial charge is 0.245 e. The molecule has 1 aromatic heterocycles. The molecule has 0 aromatic carbocycles. The average molecular weight is 343 g/mol. The minimum Gasteiger partial charge on any atom is -0.317 e. The van der Waals surface area contributed by atoms with Crippen LogP contribution in [0.25, 0.3) is 0 Å². The summed E-state index contributed by atoms with van der Waals surface area (Å²) in [5, 5.41) is 3.27. The molecule has 1 N–H and O–H groups in total. The summed E-state index contributed by atoms with van der Waals surface area (Å²) < 4.78 is 27.1. The van der Waals surface area contributed by atoms with Crippen molar-refractivity contribution in [1.82, 2.24) is 9.62 Å². The van der Waals surface area contributed by atoms with Crippen molar-refractivity contribution < 1.29 is 8.42 Å². The number of rotatable bonds is 3. The van der Waals surface area contributed by atoms with Crippen molar-refractivity contribution in [3.05, 3.63) is 14.7 Å². The number of thiophene rings is 1. The van der Waals surface area contributed by atoms with Gasteiger partial charge in [0.25, 0.3) is 0 Å². The predicted molar refractivity (Wildman–Crippen MR) is 79.8 cm³/mol. The monoisotopic (exact) mass is 342 g/mol. The van der Waals surface area contributed by atoms with Crippen LogP contribution >= 0.6 is 34.5 Å². The molecule has 0 spiro atoms. The second kappa shape index (κ2) is 6.28. The Morgan fingerprint density at radius 1 is 1.37 bits per heavy atom. The number of hydrogen-bond acceptors (Lipinski definition) is 4. The van der Waals surface area contributed by atoms with E-state index in [1.165, 1.54) is 10.4 Å². The molecule has 0 bridgehead atoms. The fourth-order valence-corrected chi connectivity index (χ4v) is 5.74. The van der Waals surface area contributed by atoms with Crippen LogP contribution in [-0.2, 0) is 10.0 Å². The summed E-state index contributed by atoms with van der Waals surface area (Å²) in [6, 6.07) is 1.43. The molecule has 108 valence electrons. The zero-order valence-electron chi connectivity index (χ0n) is 10.5. The fraction of sp³-hybridized carbons (Fsp3) is 0.636. The normalized spacial score (nSPS) is 21.6. The number of nitrogens with zero attached hydrogens (tertiary/aromatic N) is 1. The van der Waals surface area contributed by atoms with Gasteiger partial charge in [0, 0.05) is 13.1 Å². The predicted octanol–water partition coefficient (Wildman–Crippen LogP) is 2.82. The van der Waals surface area contributed by atoms with Crippen LogP contribution in [0.4, 0.5) is 0 Å². The third-order valence-corrected chi connectivity index (χ3v) is 7.00. The maximum Gasteiger partial charge on any atom is 0.245 e. The number of sulfonamides is 1. The Hall–Kier alpha value is 0.150. The van der Waals surface area contributed by atoms with Crippen LogP contribution in [0, 0.1) is 0 Å². The molecular formula is C11H16Cl2N2O2S2. The first-order valence-corrected chi connectivity index (χ1v) is 9.08. The van der Waals surface area contributed by atoms with Crippen molar-refractivity contribution in [2.45, 2.75) is 30.2 Å². The molecule has 1 aliphatic rings. The van der Waals surface area contributed by atoms with E-state index in [1.807, 2.05) is 0 Å². The summed E-state index contributed by atoms with van der Waals surface area (Å²) in [5.41, 5.74) is 0. The lowest BCUT2D eigenvalue weighted by Crippen LogP contribution is -2.37. The third kappa shape index (κ3) is 3.43. The van der Waals surface area contributed by atoms with E-state index < -0.39 is 10.0 Å². The van der Waals surface area contributed by atoms with Crippen molar-refractivity contribution in [1.29, 1.82) is 0 Å². The van der Waals surface area contributed by atoms with Gasteiger partial charge in [-0.3, -0.25) is 0 Å². The largest absolute Gasteiger partial charge is 0.317 e. The quantitative estimate of drug-likeness (QED) is 0.918. The van der Waals surface area contributed by atoms with Crippen LogP contribution in [0.15, 0.2) is 11.0 Å². The van der Waals surface area contributed by atoms with Crippen molar-refractivity contribution in [3.63, 3.8) is 0 Å². The molecule has 1 aromatic rings. The van der Waals surface area contributed by atoms with Gasteiger partial charge in [-0.05, 0) is 38.4 Å². The van der Waals surface area contributed by atoms with Gasteiger partial charge in [-0.15, -0.1) is 11.3 Å². The minimum atomic E-state index is -3.57. The molecule has 0 aliphatic carbocycles. The molecule has 2 heterocycles. The Morgan fingerprint density at radius 2 is 2.11 bits per heavy atom. The van der Waals surface area contributed by atoms with E-state index in [0.29, 0.717) is 4.34 Å². The highest BCUT2D eigenvalue weighted by Crippen LogP contribution is 2.36. The summed E-state index contributed by atoms with van der Waals surface area (Å²) in [4.78, 5) is 0.115. The van der Waals surface area contributed by atoms with E-state index in [1.54, 1.807) is 7.05 Å². The second-order valence-corrected chi connectivity index (χ2v) is 8.80. The molecule has 1 fully saturated rings. The highest BCUT2D eigenvalue weighted by Gasteiger charge is 2.31. The van der Waals surface area contributed by atoms with Crippen LogP contribution < -0.4 is 5.32 Å². The van der Waals surface area contributed by atoms with Gasteiger partial charge in [0.15, 0.2) is 0 Å². The summed E-state index contributed by atoms with van der Waals surface area (Å²) in [6.45, 7) is 1.78. The van der Waals surface area contributed by atoms with Gasteiger partial charge in [0.1, 0.15) is 9.23 Å². The topological polar surface area (TPSA) is 49.4 Å². The first-order chi connectivity index (χ1) is 8.93. The first-order valence-electron chi connectivity index (χ1n) is 6.06. The highest BCUT2D eigenvalue weighted by molar-refractivity contribution is 7.89. The molecule has 1 saturated heterocycles. The molecule has 0 amide bonds. The molecule has 1 unspecified atom stereocenters. The lowest BCUT2D eigenvalue weighted by atomic mass is 10.1. The Labute approximate surface area is 127 Å². The number of halogens is 2. The van der Waals surface area contributed by atoms with Gasteiger partial charge >= 0.3 is 0 Å². The second-order valence-electron chi connectivity index (χ2n) is 4.54. The van der Waals surface area contributed by atoms with Crippen molar-refractivity contribution in [2.75, 3.05) is 20.1 Å². The van der Waals surface area contributed by atoms with E-state index >= 15 is 0 Å². The van der Waals surface area contributed by atoms with E-state index in [0.717, 1.165) is 43.7 Å². The average Bonchev–Trinajstić information content (AvgIpc) is 2.58. The van der Waals surface area contributed by atoms with E-state index in [2.05, 4.69) is 5.32 Å². The number of hydrogen-bond donors (Lipinski definition) is 1. The van der Waals surface area contributed by atoms with Gasteiger partial charge in [0.05, 0.1) is 4.34 Å². The molecular weight excluding hydrogens is 327 g/mol. The number of nitrogens with one attached hydrogen (secondary N) is 1. The maximum atomic E-state index is 12.5. The van der Waals surface area contributed by atoms with Gasteiger partial charge in [-0.1, -0.05) is 23.2 Å². The molecule has 8 heteroatoms. The van der Waals surface area contributed by atoms with Gasteiger partial charge < -0.3 is 5.32 Å². The van der Waals surface area contributed by atoms with E-state index in [-0.39, 0.29) is 15.3 Å². The maximum absolute atomic E-state index is 12.5. The molecule has 4 nitrogen and oxygen atoms in total. The molecule has 0 saturated carbocycles. The van der Waals surface area contributed by atoms with Crippen LogP contribution in [0.3, 0.4) is 0 Å². The Morgan fingerprint density at radius 3 is 2.74 bits per heavy atom. The zero-order chi connectivity index (χ0) is 14.0. The van der Waals surface area contributed by atoms with Gasteiger partial charge in [-0.2, -0.15) is 4.31 Å². The van der Waals surface area contributed by atoms with Gasteiger partial charge in [-0.25, -0.2) is 8.42 Å². The standard InChI is InChI=1S/C11H16Cl2N2O2S2/c1-15(8-3-2-5-14-6-4-8)19(16,17)9-7-10(12)18-11(9)13/h7-8,14H,2-6H2,1H3. The molecule has 0 radical (unpaired) electrons. The Kier molecular flexibility index (Phi) is 5.14. The van der Waals surface area contributed by atoms with Crippen molar-refractivity contribution >= 4 is 44.6 Å². The first kappa shape index (κ1) is 15.5. The summed E-state index contributed by atoms with van der Waals surface area (Å²) in [7, 11) is -1.95. The van der Waals surface area contributed by atoms with E-state index in [4.69, 9.17) is 23.2 Å². The van der Waals surface area contributed by atoms with Crippen LogP contribution in [0.1, 0.15) is 19.3 Å². The van der Waals surface area contributed by atoms with E-state index in [9.17, 15) is 8.42 Å². The van der Waals surface area contributed by atoms with Crippen LogP contribution in [-0.4, -0.2) is 38.9 Å². The van der Waals surface area contributed by atoms with Gasteiger partial charge in [0.2, 0.25) is 10.0 Å². The minimum absolute atomic E-state index is 0.00902. The van der Waals surface area contributed by atoms with Crippen LogP contribution in [0.2, 0.25) is 8.67 Å². The van der Waals surface area contributed by atoms with Crippen molar-refractivity contribution in [3.8, 4) is 0 Å². The molecule has 1 atom stereocenters. The SMILES string of the molecule is CN(C1CCCNCC1)S(=O)(=O)c1cc(Cl)sc1Cl. The van der Waals surface area contributed by atoms with Crippen LogP contribution in [0.5, 0.6) is 0 Å². The Bertz CT molecular complexity index is 537. The summed E-state index contributed by atoms with van der Waals surface area (Å²) in [5.74, 6) is 0. The highest BCUT2D eigenvalue weighted by atomic mass is 35.5. The lowest BCUT2D eigenvalue weighted by molar-refractivity contribution is 0.341. The Balaban J connectivity index is 2.25. The molecule has 19 heavy (non-hydrogen) atoms. The fourth-order valence-electron chi connectivity index (χ4n) is 2.22. The van der Waals surface area contributed by atoms with Crippen molar-refractivity contribution in [2.24, 2.45) is 0 Å². The third-order valence-electron chi connectivity index (χ3n) is 3.34. The summed E-state index contributed by atoms with van der Waals surface area (Å²) >= 11 is 12.9. The zero-order valence-corrected chi connectivity index (χ0v) is 13.7. The lowest BCUT2D eigenvalue weighted by Gasteiger charge is -2.25.